The van der Waals surface area contributed by atoms with Gasteiger partial charge in [-0.1, -0.05) is 18.2 Å². The number of fused-ring (bicyclic) bond motifs is 1. The van der Waals surface area contributed by atoms with E-state index in [1.165, 1.54) is 0 Å². The summed E-state index contributed by atoms with van der Waals surface area (Å²) in [5.41, 5.74) is 2.07. The maximum absolute atomic E-state index is 11.4. The summed E-state index contributed by atoms with van der Waals surface area (Å²) in [4.78, 5) is 15.9. The van der Waals surface area contributed by atoms with Crippen molar-refractivity contribution in [2.24, 2.45) is 0 Å². The molecule has 0 fully saturated rings. The van der Waals surface area contributed by atoms with E-state index in [0.29, 0.717) is 19.6 Å². The number of benzene rings is 1. The third-order valence-corrected chi connectivity index (χ3v) is 2.87. The van der Waals surface area contributed by atoms with Crippen molar-refractivity contribution in [2.75, 3.05) is 13.1 Å². The van der Waals surface area contributed by atoms with Crippen molar-refractivity contribution < 1.29 is 4.79 Å². The van der Waals surface area contributed by atoms with Gasteiger partial charge < -0.3 is 15.2 Å². The second-order valence-electron chi connectivity index (χ2n) is 4.22. The number of imidazole rings is 1. The zero-order chi connectivity index (χ0) is 13.7. The number of para-hydroxylation sites is 2. The molecular weight excluding hydrogens is 240 g/mol. The van der Waals surface area contributed by atoms with Gasteiger partial charge in [0.05, 0.1) is 11.0 Å². The number of amides is 2. The summed E-state index contributed by atoms with van der Waals surface area (Å²) in [6.07, 6.45) is 1.65. The minimum Gasteiger partial charge on any atom is -0.336 e. The van der Waals surface area contributed by atoms with Gasteiger partial charge in [0.15, 0.2) is 0 Å². The zero-order valence-corrected chi connectivity index (χ0v) is 11.0. The lowest BCUT2D eigenvalue weighted by Crippen LogP contribution is -2.37. The van der Waals surface area contributed by atoms with Crippen LogP contribution in [-0.4, -0.2) is 28.7 Å². The van der Waals surface area contributed by atoms with Crippen molar-refractivity contribution in [3.8, 4) is 0 Å². The molecule has 5 nitrogen and oxygen atoms in total. The number of hydrogen-bond acceptors (Lipinski definition) is 2. The molecule has 2 N–H and O–H groups in total. The number of rotatable bonds is 5. The van der Waals surface area contributed by atoms with Gasteiger partial charge in [-0.15, -0.1) is 6.58 Å². The third-order valence-electron chi connectivity index (χ3n) is 2.87. The molecule has 0 aliphatic heterocycles. The predicted octanol–water partition coefficient (Wildman–Crippen LogP) is 1.83. The number of urea groups is 1. The van der Waals surface area contributed by atoms with Crippen LogP contribution in [-0.2, 0) is 6.54 Å². The minimum absolute atomic E-state index is 0.179. The predicted molar refractivity (Wildman–Crippen MR) is 76.1 cm³/mol. The van der Waals surface area contributed by atoms with Gasteiger partial charge in [0.1, 0.15) is 5.82 Å². The number of carbonyl (C=O) groups is 1. The number of carbonyl (C=O) groups excluding carboxylic acids is 1. The molecule has 0 saturated carbocycles. The highest BCUT2D eigenvalue weighted by molar-refractivity contribution is 5.76. The quantitative estimate of drug-likeness (QED) is 0.804. The monoisotopic (exact) mass is 258 g/mol. The lowest BCUT2D eigenvalue weighted by Gasteiger charge is -2.09. The Balaban J connectivity index is 1.96. The average Bonchev–Trinajstić information content (AvgIpc) is 2.73. The molecule has 0 radical (unpaired) electrons. The fraction of sp³-hybridized carbons (Fsp3) is 0.286. The topological polar surface area (TPSA) is 59.0 Å². The van der Waals surface area contributed by atoms with Crippen LogP contribution in [0.25, 0.3) is 11.0 Å². The minimum atomic E-state index is -0.179. The Labute approximate surface area is 112 Å². The van der Waals surface area contributed by atoms with Crippen molar-refractivity contribution in [3.05, 3.63) is 42.7 Å². The van der Waals surface area contributed by atoms with E-state index >= 15 is 0 Å². The fourth-order valence-corrected chi connectivity index (χ4v) is 1.99. The molecule has 0 bridgehead atoms. The average molecular weight is 258 g/mol. The maximum Gasteiger partial charge on any atom is 0.315 e. The molecule has 0 saturated heterocycles. The Kier molecular flexibility index (Phi) is 4.18. The summed E-state index contributed by atoms with van der Waals surface area (Å²) in [5.74, 6) is 0.953. The first-order chi connectivity index (χ1) is 9.22. The van der Waals surface area contributed by atoms with Crippen LogP contribution in [0.1, 0.15) is 5.82 Å². The molecule has 0 atom stereocenters. The maximum atomic E-state index is 11.4. The molecule has 2 rings (SSSR count). The Morgan fingerprint density at radius 1 is 1.42 bits per heavy atom. The number of aromatic nitrogens is 2. The van der Waals surface area contributed by atoms with Crippen LogP contribution in [0.3, 0.4) is 0 Å². The SMILES string of the molecule is C=CCNC(=O)NCCn1c(C)nc2ccccc21. The van der Waals surface area contributed by atoms with E-state index in [9.17, 15) is 4.79 Å². The first-order valence-electron chi connectivity index (χ1n) is 6.27. The molecule has 1 aromatic heterocycles. The van der Waals surface area contributed by atoms with Crippen molar-refractivity contribution in [1.29, 1.82) is 0 Å². The van der Waals surface area contributed by atoms with E-state index in [1.807, 2.05) is 31.2 Å². The lowest BCUT2D eigenvalue weighted by atomic mass is 10.3. The summed E-state index contributed by atoms with van der Waals surface area (Å²) in [5, 5.41) is 5.47. The standard InChI is InChI=1S/C14H18N4O/c1-3-8-15-14(19)16-9-10-18-11(2)17-12-6-4-5-7-13(12)18/h3-7H,1,8-10H2,2H3,(H2,15,16,19). The van der Waals surface area contributed by atoms with Gasteiger partial charge >= 0.3 is 6.03 Å². The number of nitrogens with one attached hydrogen (secondary N) is 2. The molecule has 2 amide bonds. The lowest BCUT2D eigenvalue weighted by molar-refractivity contribution is 0.241. The van der Waals surface area contributed by atoms with Gasteiger partial charge in [0.25, 0.3) is 0 Å². The summed E-state index contributed by atoms with van der Waals surface area (Å²) in [7, 11) is 0. The fourth-order valence-electron chi connectivity index (χ4n) is 1.99. The third kappa shape index (κ3) is 3.13. The summed E-state index contributed by atoms with van der Waals surface area (Å²) < 4.78 is 2.10. The first kappa shape index (κ1) is 13.1. The molecule has 0 aliphatic carbocycles. The highest BCUT2D eigenvalue weighted by atomic mass is 16.2. The second kappa shape index (κ2) is 6.04. The van der Waals surface area contributed by atoms with Crippen molar-refractivity contribution in [2.45, 2.75) is 13.5 Å². The molecule has 19 heavy (non-hydrogen) atoms. The Hall–Kier alpha value is -2.30. The van der Waals surface area contributed by atoms with Crippen LogP contribution < -0.4 is 10.6 Å². The van der Waals surface area contributed by atoms with E-state index in [1.54, 1.807) is 6.08 Å². The normalized spacial score (nSPS) is 10.4. The molecule has 1 heterocycles. The molecule has 0 unspecified atom stereocenters. The van der Waals surface area contributed by atoms with Crippen LogP contribution in [0.15, 0.2) is 36.9 Å². The molecule has 1 aromatic carbocycles. The second-order valence-corrected chi connectivity index (χ2v) is 4.22. The van der Waals surface area contributed by atoms with Crippen molar-refractivity contribution in [3.63, 3.8) is 0 Å². The van der Waals surface area contributed by atoms with E-state index in [2.05, 4.69) is 26.8 Å². The highest BCUT2D eigenvalue weighted by Gasteiger charge is 2.06. The summed E-state index contributed by atoms with van der Waals surface area (Å²) >= 11 is 0. The van der Waals surface area contributed by atoms with Crippen LogP contribution >= 0.6 is 0 Å². The van der Waals surface area contributed by atoms with Gasteiger partial charge in [0, 0.05) is 19.6 Å². The molecule has 2 aromatic rings. The van der Waals surface area contributed by atoms with Crippen LogP contribution in [0.5, 0.6) is 0 Å². The van der Waals surface area contributed by atoms with Gasteiger partial charge in [0.2, 0.25) is 0 Å². The molecule has 100 valence electrons. The van der Waals surface area contributed by atoms with E-state index < -0.39 is 0 Å². The number of hydrogen-bond donors (Lipinski definition) is 2. The van der Waals surface area contributed by atoms with Crippen LogP contribution in [0.2, 0.25) is 0 Å². The van der Waals surface area contributed by atoms with Gasteiger partial charge in [-0.3, -0.25) is 0 Å². The van der Waals surface area contributed by atoms with Crippen molar-refractivity contribution >= 4 is 17.1 Å². The number of nitrogens with zero attached hydrogens (tertiary/aromatic N) is 2. The summed E-state index contributed by atoms with van der Waals surface area (Å²) in [6, 6.07) is 7.81. The molecular formula is C14H18N4O. The first-order valence-corrected chi connectivity index (χ1v) is 6.27. The zero-order valence-electron chi connectivity index (χ0n) is 11.0. The molecule has 0 aliphatic rings. The Morgan fingerprint density at radius 2 is 2.21 bits per heavy atom. The summed E-state index contributed by atoms with van der Waals surface area (Å²) in [6.45, 7) is 7.25. The van der Waals surface area contributed by atoms with Crippen LogP contribution in [0.4, 0.5) is 4.79 Å². The van der Waals surface area contributed by atoms with Gasteiger partial charge in [-0.25, -0.2) is 9.78 Å². The largest absolute Gasteiger partial charge is 0.336 e. The smallest absolute Gasteiger partial charge is 0.315 e. The van der Waals surface area contributed by atoms with Gasteiger partial charge in [-0.05, 0) is 19.1 Å². The van der Waals surface area contributed by atoms with E-state index in [0.717, 1.165) is 16.9 Å². The van der Waals surface area contributed by atoms with Crippen LogP contribution in [0, 0.1) is 6.92 Å². The van der Waals surface area contributed by atoms with Crippen molar-refractivity contribution in [1.82, 2.24) is 20.2 Å². The van der Waals surface area contributed by atoms with Gasteiger partial charge in [-0.2, -0.15) is 0 Å². The Morgan fingerprint density at radius 3 is 3.00 bits per heavy atom. The van der Waals surface area contributed by atoms with E-state index in [-0.39, 0.29) is 6.03 Å². The Bertz CT molecular complexity index is 588. The molecule has 5 heteroatoms. The van der Waals surface area contributed by atoms with E-state index in [4.69, 9.17) is 0 Å². The molecule has 0 spiro atoms. The highest BCUT2D eigenvalue weighted by Crippen LogP contribution is 2.14. The number of aryl methyl sites for hydroxylation is 1.